The van der Waals surface area contributed by atoms with Crippen molar-refractivity contribution in [2.75, 3.05) is 18.0 Å². The van der Waals surface area contributed by atoms with Crippen LogP contribution >= 0.6 is 15.9 Å². The van der Waals surface area contributed by atoms with Gasteiger partial charge in [-0.15, -0.1) is 10.2 Å². The highest BCUT2D eigenvalue weighted by atomic mass is 79.9. The average Bonchev–Trinajstić information content (AvgIpc) is 3.05. The third-order valence-corrected chi connectivity index (χ3v) is 5.21. The maximum Gasteiger partial charge on any atom is 0.225 e. The fourth-order valence-electron chi connectivity index (χ4n) is 3.27. The second-order valence-electron chi connectivity index (χ2n) is 7.76. The van der Waals surface area contributed by atoms with E-state index in [-0.39, 0.29) is 5.41 Å². The van der Waals surface area contributed by atoms with Crippen molar-refractivity contribution >= 4 is 27.5 Å². The van der Waals surface area contributed by atoms with Crippen molar-refractivity contribution in [1.29, 1.82) is 0 Å². The first-order chi connectivity index (χ1) is 12.4. The topological polar surface area (TPSA) is 72.1 Å². The lowest BCUT2D eigenvalue weighted by Crippen LogP contribution is -2.34. The predicted octanol–water partition coefficient (Wildman–Crippen LogP) is 3.36. The molecule has 7 nitrogen and oxygen atoms in total. The van der Waals surface area contributed by atoms with Crippen LogP contribution in [0, 0.1) is 0 Å². The molecule has 4 heterocycles. The van der Waals surface area contributed by atoms with Gasteiger partial charge in [-0.3, -0.25) is 0 Å². The number of nitrogens with zero attached hydrogens (tertiary/aromatic N) is 7. The second kappa shape index (κ2) is 6.57. The Hall–Kier alpha value is -2.09. The van der Waals surface area contributed by atoms with Crippen molar-refractivity contribution in [3.63, 3.8) is 0 Å². The van der Waals surface area contributed by atoms with Crippen LogP contribution in [0.5, 0.6) is 0 Å². The summed E-state index contributed by atoms with van der Waals surface area (Å²) in [5.74, 6) is 2.09. The van der Waals surface area contributed by atoms with Crippen molar-refractivity contribution in [2.24, 2.45) is 0 Å². The van der Waals surface area contributed by atoms with Gasteiger partial charge in [0.1, 0.15) is 0 Å². The zero-order chi connectivity index (χ0) is 18.3. The average molecular weight is 416 g/mol. The van der Waals surface area contributed by atoms with E-state index in [9.17, 15) is 0 Å². The zero-order valence-corrected chi connectivity index (χ0v) is 16.8. The smallest absolute Gasteiger partial charge is 0.225 e. The van der Waals surface area contributed by atoms with Crippen molar-refractivity contribution in [3.05, 3.63) is 40.5 Å². The number of aromatic nitrogens is 6. The van der Waals surface area contributed by atoms with E-state index in [0.29, 0.717) is 5.92 Å². The third-order valence-electron chi connectivity index (χ3n) is 4.81. The van der Waals surface area contributed by atoms with Crippen LogP contribution in [0.1, 0.15) is 51.0 Å². The number of hydrogen-bond donors (Lipinski definition) is 0. The Bertz CT molecular complexity index is 905. The first-order valence-corrected chi connectivity index (χ1v) is 9.66. The van der Waals surface area contributed by atoms with Crippen LogP contribution in [0.15, 0.2) is 29.0 Å². The number of anilines is 1. The fraction of sp³-hybridized carbons (Fsp3) is 0.500. The van der Waals surface area contributed by atoms with Crippen molar-refractivity contribution in [2.45, 2.75) is 44.9 Å². The lowest BCUT2D eigenvalue weighted by molar-refractivity contribution is 0.468. The molecule has 0 bridgehead atoms. The summed E-state index contributed by atoms with van der Waals surface area (Å²) < 4.78 is 2.82. The summed E-state index contributed by atoms with van der Waals surface area (Å²) >= 11 is 3.38. The summed E-state index contributed by atoms with van der Waals surface area (Å²) in [7, 11) is 0. The molecule has 0 radical (unpaired) electrons. The maximum atomic E-state index is 4.82. The van der Waals surface area contributed by atoms with E-state index in [0.717, 1.165) is 53.5 Å². The molecule has 3 aromatic rings. The molecule has 4 rings (SSSR count). The number of fused-ring (bicyclic) bond motifs is 1. The molecule has 0 aromatic carbocycles. The molecule has 0 N–H and O–H groups in total. The van der Waals surface area contributed by atoms with Gasteiger partial charge in [-0.05, 0) is 40.9 Å². The van der Waals surface area contributed by atoms with Crippen LogP contribution in [0.4, 0.5) is 5.95 Å². The number of halogens is 1. The first-order valence-electron chi connectivity index (χ1n) is 8.87. The van der Waals surface area contributed by atoms with Gasteiger partial charge in [0, 0.05) is 36.8 Å². The van der Waals surface area contributed by atoms with E-state index in [1.54, 1.807) is 12.4 Å². The SMILES string of the molecule is CC(C)(C)c1ccc2nnc(C3CCN(c4ncc(Br)cn4)CC3)n2n1. The molecule has 3 aromatic heterocycles. The maximum absolute atomic E-state index is 4.82. The summed E-state index contributed by atoms with van der Waals surface area (Å²) in [6.07, 6.45) is 5.56. The first kappa shape index (κ1) is 17.3. The summed E-state index contributed by atoms with van der Waals surface area (Å²) in [6, 6.07) is 4.05. The normalized spacial score (nSPS) is 16.4. The fourth-order valence-corrected chi connectivity index (χ4v) is 3.47. The lowest BCUT2D eigenvalue weighted by Gasteiger charge is -2.31. The van der Waals surface area contributed by atoms with Gasteiger partial charge in [-0.2, -0.15) is 9.61 Å². The monoisotopic (exact) mass is 415 g/mol. The van der Waals surface area contributed by atoms with Crippen molar-refractivity contribution in [3.8, 4) is 0 Å². The summed E-state index contributed by atoms with van der Waals surface area (Å²) in [4.78, 5) is 11.0. The predicted molar refractivity (Wildman–Crippen MR) is 103 cm³/mol. The van der Waals surface area contributed by atoms with Gasteiger partial charge in [0.15, 0.2) is 11.5 Å². The molecule has 0 atom stereocenters. The minimum atomic E-state index is -0.00197. The molecule has 1 aliphatic rings. The van der Waals surface area contributed by atoms with Gasteiger partial charge in [-0.1, -0.05) is 20.8 Å². The van der Waals surface area contributed by atoms with Crippen LogP contribution in [0.25, 0.3) is 5.65 Å². The molecule has 136 valence electrons. The van der Waals surface area contributed by atoms with Crippen molar-refractivity contribution in [1.82, 2.24) is 29.8 Å². The van der Waals surface area contributed by atoms with Gasteiger partial charge in [-0.25, -0.2) is 9.97 Å². The molecular formula is C18H22BrN7. The molecule has 1 aliphatic heterocycles. The molecule has 26 heavy (non-hydrogen) atoms. The molecule has 0 saturated carbocycles. The summed E-state index contributed by atoms with van der Waals surface area (Å²) in [5, 5.41) is 13.6. The van der Waals surface area contributed by atoms with Crippen LogP contribution in [0.2, 0.25) is 0 Å². The van der Waals surface area contributed by atoms with Gasteiger partial charge >= 0.3 is 0 Å². The highest BCUT2D eigenvalue weighted by molar-refractivity contribution is 9.10. The van der Waals surface area contributed by atoms with E-state index in [1.807, 2.05) is 16.6 Å². The Labute approximate surface area is 161 Å². The summed E-state index contributed by atoms with van der Waals surface area (Å²) in [5.41, 5.74) is 1.86. The van der Waals surface area contributed by atoms with Gasteiger partial charge in [0.05, 0.1) is 10.2 Å². The van der Waals surface area contributed by atoms with Crippen LogP contribution < -0.4 is 4.90 Å². The third kappa shape index (κ3) is 3.30. The molecule has 8 heteroatoms. The molecule has 0 spiro atoms. The largest absolute Gasteiger partial charge is 0.341 e. The number of piperidine rings is 1. The van der Waals surface area contributed by atoms with E-state index in [4.69, 9.17) is 5.10 Å². The zero-order valence-electron chi connectivity index (χ0n) is 15.2. The Morgan fingerprint density at radius 1 is 1.04 bits per heavy atom. The second-order valence-corrected chi connectivity index (χ2v) is 8.68. The molecule has 0 aliphatic carbocycles. The summed E-state index contributed by atoms with van der Waals surface area (Å²) in [6.45, 7) is 8.31. The minimum absolute atomic E-state index is 0.00197. The number of hydrogen-bond acceptors (Lipinski definition) is 6. The highest BCUT2D eigenvalue weighted by Crippen LogP contribution is 2.29. The van der Waals surface area contributed by atoms with Crippen LogP contribution in [-0.2, 0) is 5.41 Å². The Kier molecular flexibility index (Phi) is 4.38. The lowest BCUT2D eigenvalue weighted by atomic mass is 9.92. The molecule has 0 unspecified atom stereocenters. The Morgan fingerprint density at radius 2 is 1.73 bits per heavy atom. The van der Waals surface area contributed by atoms with E-state index >= 15 is 0 Å². The molecular weight excluding hydrogens is 394 g/mol. The highest BCUT2D eigenvalue weighted by Gasteiger charge is 2.27. The minimum Gasteiger partial charge on any atom is -0.341 e. The van der Waals surface area contributed by atoms with Crippen LogP contribution in [0.3, 0.4) is 0 Å². The number of rotatable bonds is 2. The molecule has 1 fully saturated rings. The Balaban J connectivity index is 1.55. The van der Waals surface area contributed by atoms with Gasteiger partial charge in [0.2, 0.25) is 5.95 Å². The Morgan fingerprint density at radius 3 is 2.38 bits per heavy atom. The van der Waals surface area contributed by atoms with E-state index in [2.05, 4.69) is 61.8 Å². The molecule has 1 saturated heterocycles. The van der Waals surface area contributed by atoms with Gasteiger partial charge < -0.3 is 4.90 Å². The molecule has 0 amide bonds. The van der Waals surface area contributed by atoms with Crippen molar-refractivity contribution < 1.29 is 0 Å². The van der Waals surface area contributed by atoms with E-state index in [1.165, 1.54) is 0 Å². The standard InChI is InChI=1S/C18H22BrN7/c1-18(2,3)14-4-5-15-22-23-16(26(15)24-14)12-6-8-25(9-7-12)17-20-10-13(19)11-21-17/h4-5,10-12H,6-9H2,1-3H3. The quantitative estimate of drug-likeness (QED) is 0.638. The van der Waals surface area contributed by atoms with E-state index < -0.39 is 0 Å². The van der Waals surface area contributed by atoms with Gasteiger partial charge in [0.25, 0.3) is 0 Å². The van der Waals surface area contributed by atoms with Crippen LogP contribution in [-0.4, -0.2) is 42.9 Å².